The van der Waals surface area contributed by atoms with Crippen LogP contribution in [0.4, 0.5) is 4.39 Å². The Morgan fingerprint density at radius 2 is 1.86 bits per heavy atom. The lowest BCUT2D eigenvalue weighted by atomic mass is 9.83. The maximum atomic E-state index is 13.3. The van der Waals surface area contributed by atoms with Crippen LogP contribution < -0.4 is 0 Å². The second-order valence-electron chi connectivity index (χ2n) is 6.24. The van der Waals surface area contributed by atoms with Gasteiger partial charge in [0.1, 0.15) is 5.82 Å². The van der Waals surface area contributed by atoms with Gasteiger partial charge in [0.05, 0.1) is 6.04 Å². The van der Waals surface area contributed by atoms with Crippen LogP contribution in [0.5, 0.6) is 0 Å². The highest BCUT2D eigenvalue weighted by atomic mass is 19.1. The second-order valence-corrected chi connectivity index (χ2v) is 6.24. The molecule has 1 amide bonds. The van der Waals surface area contributed by atoms with Gasteiger partial charge in [0, 0.05) is 30.9 Å². The van der Waals surface area contributed by atoms with Crippen molar-refractivity contribution < 1.29 is 9.18 Å². The predicted molar refractivity (Wildman–Crippen MR) is 81.7 cm³/mol. The third-order valence-electron chi connectivity index (χ3n) is 4.96. The smallest absolute Gasteiger partial charge is 0.226 e. The fourth-order valence-electron chi connectivity index (χ4n) is 3.51. The van der Waals surface area contributed by atoms with Crippen molar-refractivity contribution in [3.8, 4) is 0 Å². The van der Waals surface area contributed by atoms with E-state index in [1.165, 1.54) is 12.1 Å². The first kappa shape index (κ1) is 13.6. The Morgan fingerprint density at radius 1 is 1.09 bits per heavy atom. The van der Waals surface area contributed by atoms with Crippen LogP contribution in [0, 0.1) is 11.7 Å². The van der Waals surface area contributed by atoms with E-state index in [1.54, 1.807) is 12.1 Å². The molecule has 0 bridgehead atoms. The van der Waals surface area contributed by atoms with E-state index in [9.17, 15) is 9.18 Å². The third-order valence-corrected chi connectivity index (χ3v) is 4.96. The Morgan fingerprint density at radius 3 is 2.55 bits per heavy atom. The number of hydrogen-bond acceptors (Lipinski definition) is 1. The van der Waals surface area contributed by atoms with E-state index in [0.717, 1.165) is 43.6 Å². The maximum Gasteiger partial charge on any atom is 0.226 e. The highest BCUT2D eigenvalue weighted by Gasteiger charge is 2.37. The molecule has 0 N–H and O–H groups in total. The van der Waals surface area contributed by atoms with Gasteiger partial charge in [-0.25, -0.2) is 4.39 Å². The van der Waals surface area contributed by atoms with Crippen LogP contribution in [0.15, 0.2) is 42.6 Å². The molecule has 1 atom stereocenters. The molecule has 2 aliphatic rings. The van der Waals surface area contributed by atoms with Crippen LogP contribution in [-0.2, 0) is 11.3 Å². The average Bonchev–Trinajstić information content (AvgIpc) is 2.93. The maximum absolute atomic E-state index is 13.3. The first-order valence-electron chi connectivity index (χ1n) is 7.95. The molecule has 3 nitrogen and oxygen atoms in total. The van der Waals surface area contributed by atoms with Crippen LogP contribution in [0.1, 0.15) is 36.6 Å². The molecule has 4 rings (SSSR count). The monoisotopic (exact) mass is 298 g/mol. The highest BCUT2D eigenvalue weighted by Crippen LogP contribution is 2.37. The van der Waals surface area contributed by atoms with Crippen molar-refractivity contribution >= 4 is 5.91 Å². The topological polar surface area (TPSA) is 25.2 Å². The predicted octanol–water partition coefficient (Wildman–Crippen LogP) is 3.36. The first-order chi connectivity index (χ1) is 10.7. The molecule has 1 aliphatic carbocycles. The zero-order chi connectivity index (χ0) is 15.1. The number of carbonyl (C=O) groups is 1. The van der Waals surface area contributed by atoms with Gasteiger partial charge >= 0.3 is 0 Å². The summed E-state index contributed by atoms with van der Waals surface area (Å²) in [6.07, 6.45) is 5.22. The van der Waals surface area contributed by atoms with E-state index in [1.807, 2.05) is 11.0 Å². The number of amides is 1. The van der Waals surface area contributed by atoms with Crippen molar-refractivity contribution in [2.24, 2.45) is 5.92 Å². The van der Waals surface area contributed by atoms with E-state index in [-0.39, 0.29) is 23.7 Å². The van der Waals surface area contributed by atoms with Gasteiger partial charge in [-0.15, -0.1) is 0 Å². The van der Waals surface area contributed by atoms with Crippen LogP contribution >= 0.6 is 0 Å². The number of hydrogen-bond donors (Lipinski definition) is 0. The van der Waals surface area contributed by atoms with Crippen molar-refractivity contribution in [2.75, 3.05) is 6.54 Å². The van der Waals surface area contributed by atoms with E-state index in [4.69, 9.17) is 0 Å². The molecule has 22 heavy (non-hydrogen) atoms. The lowest BCUT2D eigenvalue weighted by Crippen LogP contribution is -2.46. The van der Waals surface area contributed by atoms with Crippen molar-refractivity contribution in [3.05, 3.63) is 59.7 Å². The van der Waals surface area contributed by atoms with Gasteiger partial charge in [-0.05, 0) is 42.7 Å². The molecule has 0 saturated heterocycles. The average molecular weight is 298 g/mol. The molecule has 1 unspecified atom stereocenters. The first-order valence-corrected chi connectivity index (χ1v) is 7.95. The molecule has 2 heterocycles. The molecule has 2 aromatic rings. The van der Waals surface area contributed by atoms with E-state index in [0.29, 0.717) is 0 Å². The molecule has 1 aromatic heterocycles. The van der Waals surface area contributed by atoms with Crippen LogP contribution in [0.25, 0.3) is 0 Å². The number of benzene rings is 1. The number of aromatic nitrogens is 1. The summed E-state index contributed by atoms with van der Waals surface area (Å²) in [7, 11) is 0. The Balaban J connectivity index is 1.74. The molecule has 0 radical (unpaired) electrons. The van der Waals surface area contributed by atoms with Crippen LogP contribution in [0.2, 0.25) is 0 Å². The fourth-order valence-corrected chi connectivity index (χ4v) is 3.51. The summed E-state index contributed by atoms with van der Waals surface area (Å²) in [6.45, 7) is 1.55. The summed E-state index contributed by atoms with van der Waals surface area (Å²) in [5, 5.41) is 0. The number of fused-ring (bicyclic) bond motifs is 1. The van der Waals surface area contributed by atoms with Gasteiger partial charge in [-0.1, -0.05) is 18.6 Å². The zero-order valence-electron chi connectivity index (χ0n) is 12.4. The number of halogens is 1. The fraction of sp³-hybridized carbons (Fsp3) is 0.389. The molecule has 1 aliphatic heterocycles. The van der Waals surface area contributed by atoms with E-state index < -0.39 is 0 Å². The van der Waals surface area contributed by atoms with Crippen molar-refractivity contribution in [1.29, 1.82) is 0 Å². The summed E-state index contributed by atoms with van der Waals surface area (Å²) >= 11 is 0. The Labute approximate surface area is 129 Å². The minimum absolute atomic E-state index is 0.0996. The van der Waals surface area contributed by atoms with E-state index >= 15 is 0 Å². The standard InChI is InChI=1S/C18H19FN2O/c19-15-8-6-13(7-9-15)17-16-5-2-10-20(16)11-12-21(17)18(22)14-3-1-4-14/h2,5-10,14,17H,1,3-4,11-12H2. The highest BCUT2D eigenvalue weighted by molar-refractivity contribution is 5.80. The molecular formula is C18H19FN2O. The Bertz CT molecular complexity index is 687. The van der Waals surface area contributed by atoms with Gasteiger partial charge in [0.15, 0.2) is 0 Å². The molecule has 114 valence electrons. The molecule has 1 saturated carbocycles. The summed E-state index contributed by atoms with van der Waals surface area (Å²) in [4.78, 5) is 14.8. The minimum Gasteiger partial charge on any atom is -0.348 e. The number of carbonyl (C=O) groups excluding carboxylic acids is 1. The molecule has 1 fully saturated rings. The molecule has 1 aromatic carbocycles. The quantitative estimate of drug-likeness (QED) is 0.834. The number of nitrogens with zero attached hydrogens (tertiary/aromatic N) is 2. The summed E-state index contributed by atoms with van der Waals surface area (Å²) in [5.41, 5.74) is 2.10. The lowest BCUT2D eigenvalue weighted by Gasteiger charge is -2.40. The molecule has 0 spiro atoms. The van der Waals surface area contributed by atoms with Crippen molar-refractivity contribution in [2.45, 2.75) is 31.8 Å². The lowest BCUT2D eigenvalue weighted by molar-refractivity contribution is -0.141. The van der Waals surface area contributed by atoms with Gasteiger partial charge in [-0.3, -0.25) is 4.79 Å². The Hall–Kier alpha value is -2.10. The number of rotatable bonds is 2. The second kappa shape index (κ2) is 5.27. The summed E-state index contributed by atoms with van der Waals surface area (Å²) in [5.74, 6) is 0.198. The van der Waals surface area contributed by atoms with Crippen LogP contribution in [-0.4, -0.2) is 21.9 Å². The zero-order valence-corrected chi connectivity index (χ0v) is 12.4. The normalized spacial score (nSPS) is 21.3. The summed E-state index contributed by atoms with van der Waals surface area (Å²) < 4.78 is 15.4. The SMILES string of the molecule is O=C(C1CCC1)N1CCn2cccc2C1c1ccc(F)cc1. The molecular weight excluding hydrogens is 279 g/mol. The van der Waals surface area contributed by atoms with Crippen LogP contribution in [0.3, 0.4) is 0 Å². The van der Waals surface area contributed by atoms with Crippen molar-refractivity contribution in [1.82, 2.24) is 9.47 Å². The van der Waals surface area contributed by atoms with Gasteiger partial charge in [0.2, 0.25) is 5.91 Å². The summed E-state index contributed by atoms with van der Waals surface area (Å²) in [6, 6.07) is 10.5. The minimum atomic E-state index is -0.244. The van der Waals surface area contributed by atoms with Gasteiger partial charge in [-0.2, -0.15) is 0 Å². The Kier molecular flexibility index (Phi) is 3.25. The molecule has 4 heteroatoms. The van der Waals surface area contributed by atoms with Crippen molar-refractivity contribution in [3.63, 3.8) is 0 Å². The van der Waals surface area contributed by atoms with Gasteiger partial charge < -0.3 is 9.47 Å². The van der Waals surface area contributed by atoms with E-state index in [2.05, 4.69) is 16.8 Å². The third kappa shape index (κ3) is 2.14. The van der Waals surface area contributed by atoms with Gasteiger partial charge in [0.25, 0.3) is 0 Å². The largest absolute Gasteiger partial charge is 0.348 e.